The molecule has 2 heterocycles. The van der Waals surface area contributed by atoms with Crippen LogP contribution in [0.25, 0.3) is 5.69 Å². The molecule has 2 aromatic rings. The van der Waals surface area contributed by atoms with Crippen LogP contribution >= 0.6 is 0 Å². The Morgan fingerprint density at radius 1 is 1.21 bits per heavy atom. The Morgan fingerprint density at radius 2 is 1.88 bits per heavy atom. The van der Waals surface area contributed by atoms with E-state index in [1.165, 1.54) is 10.1 Å². The van der Waals surface area contributed by atoms with Crippen molar-refractivity contribution in [3.8, 4) is 5.69 Å². The zero-order valence-corrected chi connectivity index (χ0v) is 13.8. The van der Waals surface area contributed by atoms with Gasteiger partial charge in [0, 0.05) is 31.9 Å². The van der Waals surface area contributed by atoms with Crippen molar-refractivity contribution in [2.24, 2.45) is 23.5 Å². The molecular weight excluding hydrogens is 302 g/mol. The summed E-state index contributed by atoms with van der Waals surface area (Å²) in [7, 11) is 0. The largest absolute Gasteiger partial charge is 0.383 e. The van der Waals surface area contributed by atoms with Crippen molar-refractivity contribution >= 4 is 5.82 Å². The fourth-order valence-electron chi connectivity index (χ4n) is 4.20. The zero-order chi connectivity index (χ0) is 16.8. The first-order valence-electron chi connectivity index (χ1n) is 8.45. The molecule has 2 aliphatic rings. The molecule has 1 aromatic heterocycles. The van der Waals surface area contributed by atoms with E-state index in [0.717, 1.165) is 43.1 Å². The maximum absolute atomic E-state index is 11.9. The molecule has 1 aromatic carbocycles. The summed E-state index contributed by atoms with van der Waals surface area (Å²) in [5.74, 6) is 2.56. The first-order chi connectivity index (χ1) is 11.5. The molecule has 0 spiro atoms. The third kappa shape index (κ3) is 2.72. The second kappa shape index (κ2) is 5.72. The van der Waals surface area contributed by atoms with Gasteiger partial charge in [-0.25, -0.2) is 4.79 Å². The first-order valence-corrected chi connectivity index (χ1v) is 8.45. The average Bonchev–Trinajstić information content (AvgIpc) is 3.06. The molecule has 6 heteroatoms. The highest BCUT2D eigenvalue weighted by Crippen LogP contribution is 2.53. The Kier molecular flexibility index (Phi) is 3.66. The summed E-state index contributed by atoms with van der Waals surface area (Å²) in [6.45, 7) is 5.38. The standard InChI is InChI=1S/C18H23N5O/c1-11(19)17-14-9-22(10-15(14)17)8-12-2-4-13(5-3-12)23-7-6-16(20)21-18(23)24/h2-7,11,14-15,17H,8-10,19H2,1H3,(H2,20,21,24)/t11?,14-,15+,17+. The smallest absolute Gasteiger partial charge is 0.354 e. The summed E-state index contributed by atoms with van der Waals surface area (Å²) in [5.41, 5.74) is 13.3. The van der Waals surface area contributed by atoms with Crippen LogP contribution in [-0.4, -0.2) is 33.6 Å². The summed E-state index contributed by atoms with van der Waals surface area (Å²) < 4.78 is 1.50. The van der Waals surface area contributed by atoms with Crippen LogP contribution in [0, 0.1) is 17.8 Å². The van der Waals surface area contributed by atoms with E-state index >= 15 is 0 Å². The van der Waals surface area contributed by atoms with Crippen LogP contribution in [0.1, 0.15) is 12.5 Å². The van der Waals surface area contributed by atoms with Crippen LogP contribution < -0.4 is 17.2 Å². The van der Waals surface area contributed by atoms with Gasteiger partial charge in [-0.15, -0.1) is 0 Å². The Morgan fingerprint density at radius 3 is 2.46 bits per heavy atom. The third-order valence-electron chi connectivity index (χ3n) is 5.39. The average molecular weight is 325 g/mol. The molecular formula is C18H23N5O. The molecule has 1 saturated heterocycles. The minimum absolute atomic E-state index is 0.241. The van der Waals surface area contributed by atoms with E-state index in [1.54, 1.807) is 12.3 Å². The number of anilines is 1. The molecule has 1 unspecified atom stereocenters. The minimum Gasteiger partial charge on any atom is -0.383 e. The molecule has 24 heavy (non-hydrogen) atoms. The van der Waals surface area contributed by atoms with Crippen molar-refractivity contribution in [3.63, 3.8) is 0 Å². The van der Waals surface area contributed by atoms with E-state index < -0.39 is 0 Å². The van der Waals surface area contributed by atoms with Gasteiger partial charge in [0.2, 0.25) is 0 Å². The molecule has 4 rings (SSSR count). The van der Waals surface area contributed by atoms with Crippen LogP contribution in [0.5, 0.6) is 0 Å². The number of nitrogen functional groups attached to an aromatic ring is 1. The number of benzene rings is 1. The van der Waals surface area contributed by atoms with Gasteiger partial charge in [-0.05, 0) is 48.4 Å². The van der Waals surface area contributed by atoms with E-state index in [2.05, 4.69) is 28.9 Å². The zero-order valence-electron chi connectivity index (χ0n) is 13.8. The lowest BCUT2D eigenvalue weighted by Crippen LogP contribution is -2.29. The number of likely N-dealkylation sites (tertiary alicyclic amines) is 1. The molecule has 0 radical (unpaired) electrons. The van der Waals surface area contributed by atoms with E-state index in [-0.39, 0.29) is 11.5 Å². The Bertz CT molecular complexity index is 786. The number of hydrogen-bond acceptors (Lipinski definition) is 5. The fraction of sp³-hybridized carbons (Fsp3) is 0.444. The van der Waals surface area contributed by atoms with Crippen LogP contribution in [0.15, 0.2) is 41.3 Å². The number of nitrogens with two attached hydrogens (primary N) is 2. The highest BCUT2D eigenvalue weighted by molar-refractivity contribution is 5.36. The summed E-state index contributed by atoms with van der Waals surface area (Å²) in [6.07, 6.45) is 1.65. The number of nitrogens with zero attached hydrogens (tertiary/aromatic N) is 3. The van der Waals surface area contributed by atoms with Crippen LogP contribution in [0.4, 0.5) is 5.82 Å². The van der Waals surface area contributed by atoms with Crippen molar-refractivity contribution in [2.75, 3.05) is 18.8 Å². The fourth-order valence-corrected chi connectivity index (χ4v) is 4.20. The van der Waals surface area contributed by atoms with E-state index in [1.807, 2.05) is 12.1 Å². The number of aromatic nitrogens is 2. The van der Waals surface area contributed by atoms with Gasteiger partial charge in [-0.1, -0.05) is 12.1 Å². The molecule has 0 amide bonds. The van der Waals surface area contributed by atoms with E-state index in [4.69, 9.17) is 11.5 Å². The van der Waals surface area contributed by atoms with Crippen LogP contribution in [0.2, 0.25) is 0 Å². The summed E-state index contributed by atoms with van der Waals surface area (Å²) in [4.78, 5) is 18.1. The number of hydrogen-bond donors (Lipinski definition) is 2. The van der Waals surface area contributed by atoms with Gasteiger partial charge in [0.1, 0.15) is 5.82 Å². The second-order valence-corrected chi connectivity index (χ2v) is 7.13. The van der Waals surface area contributed by atoms with Crippen molar-refractivity contribution < 1.29 is 0 Å². The Balaban J connectivity index is 1.41. The molecule has 4 atom stereocenters. The van der Waals surface area contributed by atoms with Gasteiger partial charge in [0.15, 0.2) is 0 Å². The number of fused-ring (bicyclic) bond motifs is 1. The quantitative estimate of drug-likeness (QED) is 0.869. The molecule has 2 fully saturated rings. The molecule has 6 nitrogen and oxygen atoms in total. The topological polar surface area (TPSA) is 90.2 Å². The lowest BCUT2D eigenvalue weighted by Gasteiger charge is -2.20. The van der Waals surface area contributed by atoms with Crippen molar-refractivity contribution in [1.29, 1.82) is 0 Å². The lowest BCUT2D eigenvalue weighted by atomic mass is 10.1. The molecule has 1 aliphatic heterocycles. The summed E-state index contributed by atoms with van der Waals surface area (Å²) >= 11 is 0. The number of piperidine rings is 1. The maximum atomic E-state index is 11.9. The first kappa shape index (κ1) is 15.4. The van der Waals surface area contributed by atoms with Crippen LogP contribution in [-0.2, 0) is 6.54 Å². The normalized spacial score (nSPS) is 27.0. The highest BCUT2D eigenvalue weighted by atomic mass is 16.1. The minimum atomic E-state index is -0.357. The lowest BCUT2D eigenvalue weighted by molar-refractivity contribution is 0.270. The monoisotopic (exact) mass is 325 g/mol. The molecule has 1 saturated carbocycles. The molecule has 4 N–H and O–H groups in total. The van der Waals surface area contributed by atoms with E-state index in [9.17, 15) is 4.79 Å². The second-order valence-electron chi connectivity index (χ2n) is 7.13. The maximum Gasteiger partial charge on any atom is 0.354 e. The van der Waals surface area contributed by atoms with Gasteiger partial charge in [0.05, 0.1) is 5.69 Å². The van der Waals surface area contributed by atoms with Crippen molar-refractivity contribution in [1.82, 2.24) is 14.5 Å². The van der Waals surface area contributed by atoms with Gasteiger partial charge < -0.3 is 11.5 Å². The van der Waals surface area contributed by atoms with Gasteiger partial charge in [-0.2, -0.15) is 4.98 Å². The third-order valence-corrected chi connectivity index (χ3v) is 5.39. The number of rotatable bonds is 4. The molecule has 0 bridgehead atoms. The van der Waals surface area contributed by atoms with Crippen LogP contribution in [0.3, 0.4) is 0 Å². The van der Waals surface area contributed by atoms with Crippen molar-refractivity contribution in [2.45, 2.75) is 19.5 Å². The van der Waals surface area contributed by atoms with Crippen molar-refractivity contribution in [3.05, 3.63) is 52.6 Å². The van der Waals surface area contributed by atoms with Gasteiger partial charge >= 0.3 is 5.69 Å². The Labute approximate surface area is 141 Å². The van der Waals surface area contributed by atoms with Gasteiger partial charge in [-0.3, -0.25) is 9.47 Å². The summed E-state index contributed by atoms with van der Waals surface area (Å²) in [6, 6.07) is 10.0. The Hall–Kier alpha value is -2.18. The summed E-state index contributed by atoms with van der Waals surface area (Å²) in [5, 5.41) is 0. The highest BCUT2D eigenvalue weighted by Gasteiger charge is 2.56. The van der Waals surface area contributed by atoms with Gasteiger partial charge in [0.25, 0.3) is 0 Å². The molecule has 126 valence electrons. The van der Waals surface area contributed by atoms with E-state index in [0.29, 0.717) is 6.04 Å². The molecule has 1 aliphatic carbocycles. The predicted octanol–water partition coefficient (Wildman–Crippen LogP) is 0.840. The SMILES string of the molecule is CC(N)[C@H]1[C@@H]2CN(Cc3ccc(-n4ccc(N)nc4=O)cc3)C[C@@H]21. The predicted molar refractivity (Wildman–Crippen MR) is 93.6 cm³/mol.